The van der Waals surface area contributed by atoms with Crippen LogP contribution in [0.1, 0.15) is 25.1 Å². The van der Waals surface area contributed by atoms with Crippen LogP contribution >= 0.6 is 11.3 Å². The van der Waals surface area contributed by atoms with Gasteiger partial charge in [-0.05, 0) is 55.8 Å². The van der Waals surface area contributed by atoms with Crippen molar-refractivity contribution in [2.45, 2.75) is 26.3 Å². The summed E-state index contributed by atoms with van der Waals surface area (Å²) >= 11 is 1.72. The quantitative estimate of drug-likeness (QED) is 0.793. The monoisotopic (exact) mass is 289 g/mol. The lowest BCUT2D eigenvalue weighted by molar-refractivity contribution is 0.625. The van der Waals surface area contributed by atoms with E-state index in [0.717, 1.165) is 18.5 Å². The summed E-state index contributed by atoms with van der Waals surface area (Å²) < 4.78 is 12.9. The van der Waals surface area contributed by atoms with Crippen LogP contribution in [-0.4, -0.2) is 12.6 Å². The van der Waals surface area contributed by atoms with Gasteiger partial charge in [-0.15, -0.1) is 11.3 Å². The minimum absolute atomic E-state index is 0.193. The van der Waals surface area contributed by atoms with Crippen molar-refractivity contribution in [3.05, 3.63) is 53.2 Å². The number of hydrogen-bond acceptors (Lipinski definition) is 2. The van der Waals surface area contributed by atoms with Gasteiger partial charge < -0.3 is 5.32 Å². The number of nitrogens with one attached hydrogen (secondary N) is 1. The first kappa shape index (κ1) is 14.9. The average Bonchev–Trinajstić information content (AvgIpc) is 2.92. The first-order valence-corrected chi connectivity index (χ1v) is 7.78. The van der Waals surface area contributed by atoms with Crippen molar-refractivity contribution in [3.8, 4) is 10.4 Å². The van der Waals surface area contributed by atoms with Gasteiger partial charge in [0.25, 0.3) is 0 Å². The van der Waals surface area contributed by atoms with E-state index in [0.29, 0.717) is 6.04 Å². The molecule has 1 heterocycles. The SMILES string of the molecule is CCCNC(C)/C=C/c1ccc(-c2ccc(F)cc2)s1. The number of hydrogen-bond donors (Lipinski definition) is 1. The zero-order valence-electron chi connectivity index (χ0n) is 11.9. The van der Waals surface area contributed by atoms with Gasteiger partial charge in [-0.2, -0.15) is 0 Å². The molecule has 20 heavy (non-hydrogen) atoms. The molecule has 0 aliphatic heterocycles. The predicted molar refractivity (Wildman–Crippen MR) is 86.5 cm³/mol. The van der Waals surface area contributed by atoms with Gasteiger partial charge in [-0.3, -0.25) is 0 Å². The van der Waals surface area contributed by atoms with Crippen molar-refractivity contribution in [3.63, 3.8) is 0 Å². The minimum Gasteiger partial charge on any atom is -0.311 e. The summed E-state index contributed by atoms with van der Waals surface area (Å²) in [6.45, 7) is 5.36. The van der Waals surface area contributed by atoms with Crippen LogP contribution in [0.3, 0.4) is 0 Å². The number of benzene rings is 1. The third-order valence-corrected chi connectivity index (χ3v) is 4.12. The van der Waals surface area contributed by atoms with E-state index in [2.05, 4.69) is 43.4 Å². The third kappa shape index (κ3) is 4.29. The van der Waals surface area contributed by atoms with E-state index in [1.807, 2.05) is 12.1 Å². The Morgan fingerprint density at radius 1 is 1.20 bits per heavy atom. The van der Waals surface area contributed by atoms with Gasteiger partial charge in [0.2, 0.25) is 0 Å². The van der Waals surface area contributed by atoms with E-state index >= 15 is 0 Å². The van der Waals surface area contributed by atoms with Gasteiger partial charge in [-0.25, -0.2) is 4.39 Å². The van der Waals surface area contributed by atoms with Crippen molar-refractivity contribution in [2.75, 3.05) is 6.54 Å². The fraction of sp³-hybridized carbons (Fsp3) is 0.294. The van der Waals surface area contributed by atoms with Gasteiger partial charge in [0.05, 0.1) is 0 Å². The van der Waals surface area contributed by atoms with Crippen molar-refractivity contribution in [1.29, 1.82) is 0 Å². The molecule has 1 nitrogen and oxygen atoms in total. The molecule has 106 valence electrons. The van der Waals surface area contributed by atoms with Crippen LogP contribution in [0.4, 0.5) is 4.39 Å². The van der Waals surface area contributed by atoms with Gasteiger partial charge in [-0.1, -0.05) is 25.1 Å². The topological polar surface area (TPSA) is 12.0 Å². The van der Waals surface area contributed by atoms with Crippen LogP contribution in [0.25, 0.3) is 16.5 Å². The number of halogens is 1. The van der Waals surface area contributed by atoms with Gasteiger partial charge in [0.15, 0.2) is 0 Å². The first-order valence-electron chi connectivity index (χ1n) is 6.96. The van der Waals surface area contributed by atoms with Crippen LogP contribution in [0.2, 0.25) is 0 Å². The summed E-state index contributed by atoms with van der Waals surface area (Å²) in [5.74, 6) is -0.193. The lowest BCUT2D eigenvalue weighted by Crippen LogP contribution is -2.24. The van der Waals surface area contributed by atoms with E-state index in [4.69, 9.17) is 0 Å². The second kappa shape index (κ2) is 7.36. The van der Waals surface area contributed by atoms with E-state index in [-0.39, 0.29) is 5.82 Å². The van der Waals surface area contributed by atoms with Crippen LogP contribution < -0.4 is 5.32 Å². The van der Waals surface area contributed by atoms with Crippen molar-refractivity contribution in [2.24, 2.45) is 0 Å². The molecule has 2 aromatic rings. The molecule has 0 saturated carbocycles. The Morgan fingerprint density at radius 3 is 2.65 bits per heavy atom. The Hall–Kier alpha value is -1.45. The Kier molecular flexibility index (Phi) is 5.50. The van der Waals surface area contributed by atoms with Crippen LogP contribution in [-0.2, 0) is 0 Å². The van der Waals surface area contributed by atoms with Crippen molar-refractivity contribution < 1.29 is 4.39 Å². The average molecular weight is 289 g/mol. The fourth-order valence-electron chi connectivity index (χ4n) is 1.89. The molecule has 0 radical (unpaired) electrons. The van der Waals surface area contributed by atoms with E-state index in [9.17, 15) is 4.39 Å². The Labute approximate surface area is 124 Å². The van der Waals surface area contributed by atoms with E-state index in [1.165, 1.54) is 21.9 Å². The van der Waals surface area contributed by atoms with E-state index in [1.54, 1.807) is 11.3 Å². The molecule has 1 atom stereocenters. The highest BCUT2D eigenvalue weighted by atomic mass is 32.1. The van der Waals surface area contributed by atoms with E-state index < -0.39 is 0 Å². The zero-order chi connectivity index (χ0) is 14.4. The molecule has 1 N–H and O–H groups in total. The lowest BCUT2D eigenvalue weighted by atomic mass is 10.2. The molecule has 0 saturated heterocycles. The van der Waals surface area contributed by atoms with Crippen LogP contribution in [0.5, 0.6) is 0 Å². The second-order valence-corrected chi connectivity index (χ2v) is 5.93. The first-order chi connectivity index (χ1) is 9.69. The molecular formula is C17H20FNS. The lowest BCUT2D eigenvalue weighted by Gasteiger charge is -2.06. The molecule has 1 unspecified atom stereocenters. The number of thiophene rings is 1. The third-order valence-electron chi connectivity index (χ3n) is 3.02. The maximum atomic E-state index is 12.9. The Morgan fingerprint density at radius 2 is 1.95 bits per heavy atom. The molecule has 0 aliphatic rings. The summed E-state index contributed by atoms with van der Waals surface area (Å²) in [6.07, 6.45) is 5.47. The molecule has 0 amide bonds. The largest absolute Gasteiger partial charge is 0.311 e. The molecule has 0 spiro atoms. The van der Waals surface area contributed by atoms with Crippen molar-refractivity contribution >= 4 is 17.4 Å². The van der Waals surface area contributed by atoms with Crippen molar-refractivity contribution in [1.82, 2.24) is 5.32 Å². The molecule has 3 heteroatoms. The zero-order valence-corrected chi connectivity index (χ0v) is 12.7. The predicted octanol–water partition coefficient (Wildman–Crippen LogP) is 4.96. The highest BCUT2D eigenvalue weighted by molar-refractivity contribution is 7.16. The maximum absolute atomic E-state index is 12.9. The smallest absolute Gasteiger partial charge is 0.123 e. The molecular weight excluding hydrogens is 269 g/mol. The summed E-state index contributed by atoms with van der Waals surface area (Å²) in [5, 5.41) is 3.42. The fourth-order valence-corrected chi connectivity index (χ4v) is 2.82. The summed E-state index contributed by atoms with van der Waals surface area (Å²) in [5.41, 5.74) is 1.06. The van der Waals surface area contributed by atoms with Gasteiger partial charge in [0.1, 0.15) is 5.82 Å². The highest BCUT2D eigenvalue weighted by Gasteiger charge is 2.02. The Bertz CT molecular complexity index is 557. The minimum atomic E-state index is -0.193. The van der Waals surface area contributed by atoms with Gasteiger partial charge >= 0.3 is 0 Å². The molecule has 0 aliphatic carbocycles. The molecule has 0 bridgehead atoms. The number of rotatable bonds is 6. The highest BCUT2D eigenvalue weighted by Crippen LogP contribution is 2.28. The summed E-state index contributed by atoms with van der Waals surface area (Å²) in [7, 11) is 0. The van der Waals surface area contributed by atoms with Gasteiger partial charge in [0, 0.05) is 15.8 Å². The molecule has 0 fully saturated rings. The second-order valence-electron chi connectivity index (χ2n) is 4.81. The standard InChI is InChI=1S/C17H20FNS/c1-3-12-19-13(2)4-9-16-10-11-17(20-16)14-5-7-15(18)8-6-14/h4-11,13,19H,3,12H2,1-2H3/b9-4+. The Balaban J connectivity index is 2.02. The molecule has 1 aromatic heterocycles. The normalized spacial score (nSPS) is 12.9. The molecule has 1 aromatic carbocycles. The van der Waals surface area contributed by atoms with Crippen LogP contribution in [0.15, 0.2) is 42.5 Å². The summed E-state index contributed by atoms with van der Waals surface area (Å²) in [6, 6.07) is 11.2. The summed E-state index contributed by atoms with van der Waals surface area (Å²) in [4.78, 5) is 2.38. The maximum Gasteiger partial charge on any atom is 0.123 e. The van der Waals surface area contributed by atoms with Crippen LogP contribution in [0, 0.1) is 5.82 Å². The molecule has 2 rings (SSSR count).